The molecule has 0 spiro atoms. The second kappa shape index (κ2) is 14.4. The number of aliphatic hydroxyl groups is 3. The van der Waals surface area contributed by atoms with Crippen LogP contribution in [0.1, 0.15) is 0 Å². The molecule has 0 aliphatic carbocycles. The zero-order valence-corrected chi connectivity index (χ0v) is 17.2. The molecule has 12 heteroatoms. The number of aldehydes is 1. The van der Waals surface area contributed by atoms with Gasteiger partial charge in [-0.3, -0.25) is 29.2 Å². The Morgan fingerprint density at radius 2 is 1.20 bits per heavy atom. The van der Waals surface area contributed by atoms with E-state index in [9.17, 15) is 34.8 Å². The molecule has 1 rings (SSSR count). The minimum Gasteiger partial charge on any atom is -0.480 e. The number of hydrogen-bond acceptors (Lipinski definition) is 10. The van der Waals surface area contributed by atoms with E-state index in [0.717, 1.165) is 6.29 Å². The summed E-state index contributed by atoms with van der Waals surface area (Å²) in [5.74, 6) is -1.99. The lowest BCUT2D eigenvalue weighted by molar-refractivity contribution is -0.140. The van der Waals surface area contributed by atoms with E-state index in [-0.39, 0.29) is 26.2 Å². The zero-order chi connectivity index (χ0) is 22.5. The molecule has 30 heavy (non-hydrogen) atoms. The van der Waals surface area contributed by atoms with Crippen molar-refractivity contribution in [1.29, 1.82) is 0 Å². The van der Waals surface area contributed by atoms with Crippen LogP contribution in [0.5, 0.6) is 0 Å². The summed E-state index contributed by atoms with van der Waals surface area (Å²) in [6.45, 7) is 1.77. The Kier molecular flexibility index (Phi) is 12.6. The normalized spacial score (nSPS) is 21.3. The molecule has 12 nitrogen and oxygen atoms in total. The predicted molar refractivity (Wildman–Crippen MR) is 106 cm³/mol. The van der Waals surface area contributed by atoms with Crippen molar-refractivity contribution in [2.75, 3.05) is 85.2 Å². The van der Waals surface area contributed by atoms with Gasteiger partial charge in [-0.2, -0.15) is 0 Å². The van der Waals surface area contributed by atoms with Crippen LogP contribution in [-0.2, 0) is 14.4 Å². The van der Waals surface area contributed by atoms with Gasteiger partial charge >= 0.3 is 11.9 Å². The van der Waals surface area contributed by atoms with E-state index >= 15 is 0 Å². The van der Waals surface area contributed by atoms with E-state index in [0.29, 0.717) is 52.4 Å². The van der Waals surface area contributed by atoms with Crippen LogP contribution in [0.25, 0.3) is 0 Å². The molecule has 174 valence electrons. The number of aliphatic carboxylic acids is 2. The van der Waals surface area contributed by atoms with Gasteiger partial charge in [-0.05, 0) is 0 Å². The Labute approximate surface area is 175 Å². The van der Waals surface area contributed by atoms with Crippen molar-refractivity contribution in [1.82, 2.24) is 19.6 Å². The van der Waals surface area contributed by atoms with Gasteiger partial charge < -0.3 is 30.3 Å². The fourth-order valence-electron chi connectivity index (χ4n) is 3.47. The lowest BCUT2D eigenvalue weighted by Crippen LogP contribution is -2.54. The van der Waals surface area contributed by atoms with Crippen molar-refractivity contribution in [3.63, 3.8) is 0 Å². The van der Waals surface area contributed by atoms with E-state index in [1.54, 1.807) is 14.7 Å². The molecule has 5 N–H and O–H groups in total. The Morgan fingerprint density at radius 1 is 0.767 bits per heavy atom. The monoisotopic (exact) mass is 434 g/mol. The molecule has 1 heterocycles. The Bertz CT molecular complexity index is 538. The first kappa shape index (κ1) is 26.4. The largest absolute Gasteiger partial charge is 0.480 e. The Balaban J connectivity index is 3.01. The summed E-state index contributed by atoms with van der Waals surface area (Å²) >= 11 is 0. The average molecular weight is 434 g/mol. The number of aliphatic hydroxyl groups excluding tert-OH is 3. The smallest absolute Gasteiger partial charge is 0.317 e. The molecule has 0 radical (unpaired) electrons. The van der Waals surface area contributed by atoms with Gasteiger partial charge in [0.05, 0.1) is 45.0 Å². The van der Waals surface area contributed by atoms with Crippen LogP contribution in [0, 0.1) is 0 Å². The standard InChI is InChI=1S/C18H34N4O8/c23-10-9-19-1-2-20(11-17(27)28)3-4-21(12-18(29)30)6-8-22(7-5-19)15(13-24)16(26)14-25/h10,15-16,24-26H,1-9,11-14H2,(H,27,28)(H,29,30)/t15?,16-/m0/s1. The van der Waals surface area contributed by atoms with E-state index < -0.39 is 30.7 Å². The molecule has 2 atom stereocenters. The summed E-state index contributed by atoms with van der Waals surface area (Å²) in [4.78, 5) is 40.4. The number of nitrogens with zero attached hydrogens (tertiary/aromatic N) is 4. The average Bonchev–Trinajstić information content (AvgIpc) is 2.68. The fraction of sp³-hybridized carbons (Fsp3) is 0.833. The molecule has 0 aromatic heterocycles. The van der Waals surface area contributed by atoms with E-state index in [1.807, 2.05) is 4.90 Å². The first-order valence-corrected chi connectivity index (χ1v) is 9.98. The van der Waals surface area contributed by atoms with E-state index in [2.05, 4.69) is 0 Å². The van der Waals surface area contributed by atoms with Crippen LogP contribution in [-0.4, -0.2) is 161 Å². The first-order valence-electron chi connectivity index (χ1n) is 9.98. The molecule has 1 aliphatic rings. The van der Waals surface area contributed by atoms with Crippen LogP contribution >= 0.6 is 0 Å². The third-order valence-corrected chi connectivity index (χ3v) is 5.21. The summed E-state index contributed by atoms with van der Waals surface area (Å²) in [5, 5.41) is 47.4. The highest BCUT2D eigenvalue weighted by Crippen LogP contribution is 2.08. The quantitative estimate of drug-likeness (QED) is 0.214. The van der Waals surface area contributed by atoms with E-state index in [4.69, 9.17) is 5.11 Å². The summed E-state index contributed by atoms with van der Waals surface area (Å²) in [7, 11) is 0. The van der Waals surface area contributed by atoms with Gasteiger partial charge in [0.25, 0.3) is 0 Å². The molecule has 0 amide bonds. The van der Waals surface area contributed by atoms with Crippen molar-refractivity contribution in [2.24, 2.45) is 0 Å². The second-order valence-corrected chi connectivity index (χ2v) is 7.34. The summed E-state index contributed by atoms with van der Waals surface area (Å²) in [6.07, 6.45) is -0.403. The lowest BCUT2D eigenvalue weighted by atomic mass is 10.1. The molecule has 0 aromatic rings. The van der Waals surface area contributed by atoms with Gasteiger partial charge in [0.1, 0.15) is 6.29 Å². The van der Waals surface area contributed by atoms with Crippen LogP contribution in [0.3, 0.4) is 0 Å². The molecule has 1 unspecified atom stereocenters. The zero-order valence-electron chi connectivity index (χ0n) is 17.2. The van der Waals surface area contributed by atoms with Gasteiger partial charge in [0.15, 0.2) is 0 Å². The predicted octanol–water partition coefficient (Wildman–Crippen LogP) is -3.71. The van der Waals surface area contributed by atoms with Crippen LogP contribution in [0.15, 0.2) is 0 Å². The third-order valence-electron chi connectivity index (χ3n) is 5.21. The lowest BCUT2D eigenvalue weighted by Gasteiger charge is -2.37. The van der Waals surface area contributed by atoms with Gasteiger partial charge in [-0.25, -0.2) is 0 Å². The summed E-state index contributed by atoms with van der Waals surface area (Å²) in [5.41, 5.74) is 0. The van der Waals surface area contributed by atoms with Crippen molar-refractivity contribution < 1.29 is 39.9 Å². The van der Waals surface area contributed by atoms with Crippen molar-refractivity contribution in [2.45, 2.75) is 12.1 Å². The van der Waals surface area contributed by atoms with Crippen molar-refractivity contribution in [3.05, 3.63) is 0 Å². The molecule has 1 saturated heterocycles. The van der Waals surface area contributed by atoms with Gasteiger partial charge in [-0.1, -0.05) is 0 Å². The van der Waals surface area contributed by atoms with Gasteiger partial charge in [0, 0.05) is 52.4 Å². The minimum atomic E-state index is -1.17. The third kappa shape index (κ3) is 9.89. The topological polar surface area (TPSA) is 165 Å². The van der Waals surface area contributed by atoms with Gasteiger partial charge in [0.2, 0.25) is 0 Å². The maximum Gasteiger partial charge on any atom is 0.317 e. The molecular formula is C18H34N4O8. The Morgan fingerprint density at radius 3 is 1.60 bits per heavy atom. The SMILES string of the molecule is O=CCN1CCN(CC(=O)O)CCN(CC(=O)O)CCN(C(CO)[C@@H](O)CO)CC1. The van der Waals surface area contributed by atoms with Crippen LogP contribution in [0.2, 0.25) is 0 Å². The first-order chi connectivity index (χ1) is 14.3. The van der Waals surface area contributed by atoms with E-state index in [1.165, 1.54) is 0 Å². The van der Waals surface area contributed by atoms with Crippen LogP contribution in [0.4, 0.5) is 0 Å². The molecule has 0 saturated carbocycles. The number of carbonyl (C=O) groups excluding carboxylic acids is 1. The number of rotatable bonds is 10. The summed E-state index contributed by atoms with van der Waals surface area (Å²) < 4.78 is 0. The maximum absolute atomic E-state index is 11.2. The highest BCUT2D eigenvalue weighted by molar-refractivity contribution is 5.69. The van der Waals surface area contributed by atoms with Crippen molar-refractivity contribution >= 4 is 18.2 Å². The highest BCUT2D eigenvalue weighted by Gasteiger charge is 2.27. The molecule has 0 bridgehead atoms. The Hall–Kier alpha value is -1.67. The highest BCUT2D eigenvalue weighted by atomic mass is 16.4. The van der Waals surface area contributed by atoms with Gasteiger partial charge in [-0.15, -0.1) is 0 Å². The molecule has 1 aliphatic heterocycles. The molecular weight excluding hydrogens is 400 g/mol. The van der Waals surface area contributed by atoms with Crippen LogP contribution < -0.4 is 0 Å². The maximum atomic E-state index is 11.2. The van der Waals surface area contributed by atoms with Crippen molar-refractivity contribution in [3.8, 4) is 0 Å². The second-order valence-electron chi connectivity index (χ2n) is 7.34. The number of carboxylic acids is 2. The molecule has 1 fully saturated rings. The minimum absolute atomic E-state index is 0.159. The summed E-state index contributed by atoms with van der Waals surface area (Å²) in [6, 6.07) is -0.730. The number of carbonyl (C=O) groups is 3. The molecule has 0 aromatic carbocycles. The number of hydrogen-bond donors (Lipinski definition) is 5. The fourth-order valence-corrected chi connectivity index (χ4v) is 3.47. The number of carboxylic acid groups (broad SMARTS) is 2.